The van der Waals surface area contributed by atoms with Crippen molar-refractivity contribution in [2.24, 2.45) is 0 Å². The van der Waals surface area contributed by atoms with Gasteiger partial charge in [-0.2, -0.15) is 0 Å². The Morgan fingerprint density at radius 1 is 1.05 bits per heavy atom. The molecule has 0 amide bonds. The zero-order valence-electron chi connectivity index (χ0n) is 11.1. The maximum absolute atomic E-state index is 5.62. The molecular formula is C16H15N3O. The predicted octanol–water partition coefficient (Wildman–Crippen LogP) is 3.33. The first-order chi connectivity index (χ1) is 9.78. The minimum Gasteiger partial charge on any atom is -0.496 e. The number of aromatic nitrogens is 2. The topological polar surface area (TPSA) is 63.9 Å². The van der Waals surface area contributed by atoms with Gasteiger partial charge in [0.05, 0.1) is 19.0 Å². The monoisotopic (exact) mass is 265 g/mol. The fourth-order valence-corrected chi connectivity index (χ4v) is 2.22. The number of rotatable bonds is 3. The maximum Gasteiger partial charge on any atom is 0.197 e. The summed E-state index contributed by atoms with van der Waals surface area (Å²) in [6, 6.07) is 16.1. The van der Waals surface area contributed by atoms with E-state index >= 15 is 0 Å². The number of benzene rings is 2. The predicted molar refractivity (Wildman–Crippen MR) is 80.4 cm³/mol. The lowest BCUT2D eigenvalue weighted by molar-refractivity contribution is 0.416. The van der Waals surface area contributed by atoms with E-state index in [2.05, 4.69) is 22.1 Å². The number of para-hydroxylation sites is 1. The van der Waals surface area contributed by atoms with Crippen LogP contribution in [-0.4, -0.2) is 17.1 Å². The summed E-state index contributed by atoms with van der Waals surface area (Å²) in [7, 11) is 1.68. The number of nitrogen functional groups attached to an aromatic ring is 1. The van der Waals surface area contributed by atoms with E-state index in [4.69, 9.17) is 10.5 Å². The molecule has 4 nitrogen and oxygen atoms in total. The molecule has 3 aromatic rings. The van der Waals surface area contributed by atoms with Gasteiger partial charge in [0, 0.05) is 11.1 Å². The number of anilines is 1. The molecule has 3 rings (SSSR count). The van der Waals surface area contributed by atoms with Crippen LogP contribution in [0.3, 0.4) is 0 Å². The second-order valence-corrected chi connectivity index (χ2v) is 4.46. The molecule has 0 bridgehead atoms. The quantitative estimate of drug-likeness (QED) is 0.763. The molecule has 0 unspecified atom stereocenters. The molecule has 0 aliphatic heterocycles. The van der Waals surface area contributed by atoms with Gasteiger partial charge in [-0.15, -0.1) is 0 Å². The number of imidazole rings is 1. The molecule has 0 fully saturated rings. The van der Waals surface area contributed by atoms with Crippen molar-refractivity contribution in [2.75, 3.05) is 12.8 Å². The highest BCUT2D eigenvalue weighted by molar-refractivity contribution is 5.75. The average molecular weight is 265 g/mol. The largest absolute Gasteiger partial charge is 0.496 e. The van der Waals surface area contributed by atoms with Crippen molar-refractivity contribution >= 4 is 5.95 Å². The molecule has 3 N–H and O–H groups in total. The zero-order chi connectivity index (χ0) is 13.9. The molecule has 100 valence electrons. The van der Waals surface area contributed by atoms with Gasteiger partial charge < -0.3 is 15.5 Å². The second kappa shape index (κ2) is 5.09. The Hall–Kier alpha value is -2.75. The van der Waals surface area contributed by atoms with E-state index in [-0.39, 0.29) is 0 Å². The van der Waals surface area contributed by atoms with Crippen LogP contribution >= 0.6 is 0 Å². The van der Waals surface area contributed by atoms with Gasteiger partial charge in [0.1, 0.15) is 5.75 Å². The Morgan fingerprint density at radius 3 is 2.60 bits per heavy atom. The van der Waals surface area contributed by atoms with Crippen LogP contribution in [0.1, 0.15) is 0 Å². The molecule has 0 saturated carbocycles. The number of methoxy groups -OCH3 is 1. The summed E-state index contributed by atoms with van der Waals surface area (Å²) in [5.41, 5.74) is 9.72. The highest BCUT2D eigenvalue weighted by Gasteiger charge is 2.07. The second-order valence-electron chi connectivity index (χ2n) is 4.46. The molecule has 0 radical (unpaired) electrons. The molecule has 1 heterocycles. The number of hydrogen-bond donors (Lipinski definition) is 2. The average Bonchev–Trinajstić information content (AvgIpc) is 2.94. The number of nitrogens with two attached hydrogens (primary N) is 1. The first-order valence-electron chi connectivity index (χ1n) is 6.32. The third-order valence-corrected chi connectivity index (χ3v) is 3.19. The normalized spacial score (nSPS) is 10.4. The van der Waals surface area contributed by atoms with Crippen molar-refractivity contribution in [2.45, 2.75) is 0 Å². The first-order valence-corrected chi connectivity index (χ1v) is 6.32. The molecule has 0 spiro atoms. The van der Waals surface area contributed by atoms with Crippen LogP contribution in [0.25, 0.3) is 22.4 Å². The van der Waals surface area contributed by atoms with Gasteiger partial charge in [-0.05, 0) is 17.7 Å². The molecule has 0 atom stereocenters. The molecule has 2 aromatic carbocycles. The summed E-state index contributed by atoms with van der Waals surface area (Å²) in [4.78, 5) is 7.06. The van der Waals surface area contributed by atoms with Crippen LogP contribution in [-0.2, 0) is 0 Å². The van der Waals surface area contributed by atoms with E-state index in [9.17, 15) is 0 Å². The number of nitrogens with one attached hydrogen (secondary N) is 1. The van der Waals surface area contributed by atoms with Gasteiger partial charge in [-0.25, -0.2) is 4.98 Å². The zero-order valence-corrected chi connectivity index (χ0v) is 11.1. The van der Waals surface area contributed by atoms with Crippen LogP contribution < -0.4 is 10.5 Å². The Morgan fingerprint density at radius 2 is 1.85 bits per heavy atom. The summed E-state index contributed by atoms with van der Waals surface area (Å²) in [5, 5.41) is 0. The third-order valence-electron chi connectivity index (χ3n) is 3.19. The number of ether oxygens (including phenoxy) is 1. The molecule has 0 aliphatic carbocycles. The van der Waals surface area contributed by atoms with Gasteiger partial charge in [0.15, 0.2) is 5.95 Å². The summed E-state index contributed by atoms with van der Waals surface area (Å²) in [6.45, 7) is 0. The first kappa shape index (κ1) is 12.3. The van der Waals surface area contributed by atoms with Gasteiger partial charge >= 0.3 is 0 Å². The SMILES string of the molecule is COc1ccccc1-c1cccc(-c2cnc(N)[nH]2)c1. The van der Waals surface area contributed by atoms with Crippen molar-refractivity contribution in [3.8, 4) is 28.1 Å². The maximum atomic E-state index is 5.62. The fraction of sp³-hybridized carbons (Fsp3) is 0.0625. The third kappa shape index (κ3) is 2.23. The van der Waals surface area contributed by atoms with E-state index in [1.165, 1.54) is 0 Å². The minimum atomic E-state index is 0.419. The van der Waals surface area contributed by atoms with E-state index < -0.39 is 0 Å². The summed E-state index contributed by atoms with van der Waals surface area (Å²) >= 11 is 0. The lowest BCUT2D eigenvalue weighted by Gasteiger charge is -2.09. The highest BCUT2D eigenvalue weighted by Crippen LogP contribution is 2.31. The van der Waals surface area contributed by atoms with Gasteiger partial charge in [-0.3, -0.25) is 0 Å². The van der Waals surface area contributed by atoms with Crippen molar-refractivity contribution in [1.82, 2.24) is 9.97 Å². The van der Waals surface area contributed by atoms with Crippen LogP contribution in [0.15, 0.2) is 54.7 Å². The fourth-order valence-electron chi connectivity index (χ4n) is 2.22. The lowest BCUT2D eigenvalue weighted by atomic mass is 10.0. The minimum absolute atomic E-state index is 0.419. The van der Waals surface area contributed by atoms with E-state index in [1.54, 1.807) is 13.3 Å². The summed E-state index contributed by atoms with van der Waals surface area (Å²) in [6.07, 6.45) is 1.73. The van der Waals surface area contributed by atoms with Crippen molar-refractivity contribution < 1.29 is 4.74 Å². The molecule has 0 aliphatic rings. The van der Waals surface area contributed by atoms with Crippen LogP contribution in [0.4, 0.5) is 5.95 Å². The Labute approximate surface area is 117 Å². The molecule has 0 saturated heterocycles. The molecule has 1 aromatic heterocycles. The number of hydrogen-bond acceptors (Lipinski definition) is 3. The van der Waals surface area contributed by atoms with Crippen LogP contribution in [0, 0.1) is 0 Å². The van der Waals surface area contributed by atoms with Crippen molar-refractivity contribution in [1.29, 1.82) is 0 Å². The lowest BCUT2D eigenvalue weighted by Crippen LogP contribution is -1.88. The highest BCUT2D eigenvalue weighted by atomic mass is 16.5. The Kier molecular flexibility index (Phi) is 3.13. The summed E-state index contributed by atoms with van der Waals surface area (Å²) in [5.74, 6) is 1.27. The smallest absolute Gasteiger partial charge is 0.197 e. The van der Waals surface area contributed by atoms with E-state index in [0.717, 1.165) is 28.1 Å². The van der Waals surface area contributed by atoms with Gasteiger partial charge in [-0.1, -0.05) is 36.4 Å². The van der Waals surface area contributed by atoms with Crippen LogP contribution in [0.2, 0.25) is 0 Å². The standard InChI is InChI=1S/C16H15N3O/c1-20-15-8-3-2-7-13(15)11-5-4-6-12(9-11)14-10-18-16(17)19-14/h2-10H,1H3,(H3,17,18,19). The Bertz CT molecular complexity index is 734. The molecule has 4 heteroatoms. The van der Waals surface area contributed by atoms with Gasteiger partial charge in [0.25, 0.3) is 0 Å². The van der Waals surface area contributed by atoms with E-state index in [1.807, 2.05) is 36.4 Å². The molecular weight excluding hydrogens is 250 g/mol. The molecule has 20 heavy (non-hydrogen) atoms. The number of H-pyrrole nitrogens is 1. The van der Waals surface area contributed by atoms with Gasteiger partial charge in [0.2, 0.25) is 0 Å². The summed E-state index contributed by atoms with van der Waals surface area (Å²) < 4.78 is 5.41. The number of nitrogens with zero attached hydrogens (tertiary/aromatic N) is 1. The Balaban J connectivity index is 2.07. The van der Waals surface area contributed by atoms with Crippen molar-refractivity contribution in [3.05, 3.63) is 54.7 Å². The van der Waals surface area contributed by atoms with E-state index in [0.29, 0.717) is 5.95 Å². The van der Waals surface area contributed by atoms with Crippen molar-refractivity contribution in [3.63, 3.8) is 0 Å². The number of aromatic amines is 1. The van der Waals surface area contributed by atoms with Crippen LogP contribution in [0.5, 0.6) is 5.75 Å².